The van der Waals surface area contributed by atoms with Crippen molar-refractivity contribution in [1.82, 2.24) is 10.2 Å². The van der Waals surface area contributed by atoms with Crippen LogP contribution in [0.2, 0.25) is 0 Å². The molecule has 2 atom stereocenters. The van der Waals surface area contributed by atoms with Crippen LogP contribution in [-0.2, 0) is 26.0 Å². The van der Waals surface area contributed by atoms with Crippen LogP contribution < -0.4 is 9.62 Å². The summed E-state index contributed by atoms with van der Waals surface area (Å²) in [6.45, 7) is 11.3. The lowest BCUT2D eigenvalue weighted by Crippen LogP contribution is -2.54. The van der Waals surface area contributed by atoms with Crippen molar-refractivity contribution >= 4 is 27.5 Å². The molecule has 0 spiro atoms. The van der Waals surface area contributed by atoms with Gasteiger partial charge in [0.1, 0.15) is 12.6 Å². The first-order valence-electron chi connectivity index (χ1n) is 14.3. The molecule has 7 nitrogen and oxygen atoms in total. The molecule has 1 N–H and O–H groups in total. The zero-order valence-electron chi connectivity index (χ0n) is 25.1. The summed E-state index contributed by atoms with van der Waals surface area (Å²) in [5.74, 6) is -0.661. The van der Waals surface area contributed by atoms with Gasteiger partial charge in [0.15, 0.2) is 0 Å². The number of nitrogens with one attached hydrogen (secondary N) is 1. The Kier molecular flexibility index (Phi) is 11.1. The highest BCUT2D eigenvalue weighted by atomic mass is 32.2. The molecule has 0 bridgehead atoms. The van der Waals surface area contributed by atoms with Gasteiger partial charge in [0.2, 0.25) is 11.8 Å². The molecule has 3 rings (SSSR count). The normalized spacial score (nSPS) is 12.8. The van der Waals surface area contributed by atoms with E-state index in [1.54, 1.807) is 41.3 Å². The highest BCUT2D eigenvalue weighted by Crippen LogP contribution is 2.29. The predicted molar refractivity (Wildman–Crippen MR) is 165 cm³/mol. The fourth-order valence-electron chi connectivity index (χ4n) is 4.69. The molecule has 0 unspecified atom stereocenters. The van der Waals surface area contributed by atoms with Gasteiger partial charge in [-0.15, -0.1) is 0 Å². The number of sulfonamides is 1. The molecule has 41 heavy (non-hydrogen) atoms. The van der Waals surface area contributed by atoms with Crippen molar-refractivity contribution in [3.05, 3.63) is 95.1 Å². The lowest BCUT2D eigenvalue weighted by Gasteiger charge is -2.34. The molecule has 0 saturated carbocycles. The molecule has 0 aliphatic carbocycles. The molecule has 0 saturated heterocycles. The minimum absolute atomic E-state index is 0.0454. The number of carbonyl (C=O) groups is 2. The summed E-state index contributed by atoms with van der Waals surface area (Å²) in [7, 11) is -4.10. The quantitative estimate of drug-likeness (QED) is 0.288. The number of benzene rings is 3. The van der Waals surface area contributed by atoms with Gasteiger partial charge in [-0.25, -0.2) is 8.42 Å². The fourth-order valence-corrected chi connectivity index (χ4v) is 6.17. The van der Waals surface area contributed by atoms with Crippen molar-refractivity contribution in [2.24, 2.45) is 0 Å². The minimum atomic E-state index is -4.10. The van der Waals surface area contributed by atoms with E-state index >= 15 is 0 Å². The lowest BCUT2D eigenvalue weighted by atomic mass is 10.1. The summed E-state index contributed by atoms with van der Waals surface area (Å²) in [4.78, 5) is 29.2. The highest BCUT2D eigenvalue weighted by molar-refractivity contribution is 7.92. The van der Waals surface area contributed by atoms with Gasteiger partial charge >= 0.3 is 0 Å². The maximum atomic E-state index is 14.2. The smallest absolute Gasteiger partial charge is 0.264 e. The molecular weight excluding hydrogens is 534 g/mol. The first-order valence-corrected chi connectivity index (χ1v) is 15.7. The molecule has 3 aromatic rings. The van der Waals surface area contributed by atoms with Crippen LogP contribution >= 0.6 is 0 Å². The average Bonchev–Trinajstić information content (AvgIpc) is 2.96. The standard InChI is InChI=1S/C33H43N3O4S/c1-7-26(5)34-33(38)30(8-2)35(22-21-28-14-10-9-11-15-28)32(37)23-36(31-16-12-13-25(4)27(31)6)41(39,40)29-19-17-24(3)18-20-29/h9-20,26,30H,7-8,21-23H2,1-6H3,(H,34,38)/t26-,30-/m0/s1. The van der Waals surface area contributed by atoms with Crippen molar-refractivity contribution in [2.75, 3.05) is 17.4 Å². The van der Waals surface area contributed by atoms with Crippen molar-refractivity contribution in [2.45, 2.75) is 77.8 Å². The Labute approximate surface area is 245 Å². The second-order valence-corrected chi connectivity index (χ2v) is 12.5. The summed E-state index contributed by atoms with van der Waals surface area (Å²) >= 11 is 0. The second-order valence-electron chi connectivity index (χ2n) is 10.6. The number of hydrogen-bond acceptors (Lipinski definition) is 4. The van der Waals surface area contributed by atoms with Gasteiger partial charge in [-0.3, -0.25) is 13.9 Å². The first-order chi connectivity index (χ1) is 19.5. The zero-order chi connectivity index (χ0) is 30.2. The molecule has 0 radical (unpaired) electrons. The minimum Gasteiger partial charge on any atom is -0.352 e. The molecule has 0 aliphatic heterocycles. The number of anilines is 1. The highest BCUT2D eigenvalue weighted by Gasteiger charge is 2.34. The maximum Gasteiger partial charge on any atom is 0.264 e. The van der Waals surface area contributed by atoms with Crippen molar-refractivity contribution < 1.29 is 18.0 Å². The Balaban J connectivity index is 2.05. The van der Waals surface area contributed by atoms with Gasteiger partial charge in [0.05, 0.1) is 10.6 Å². The number of carbonyl (C=O) groups excluding carboxylic acids is 2. The summed E-state index contributed by atoms with van der Waals surface area (Å²) in [6, 6.07) is 21.0. The van der Waals surface area contributed by atoms with Crippen molar-refractivity contribution in [3.8, 4) is 0 Å². The number of amides is 2. The van der Waals surface area contributed by atoms with E-state index in [4.69, 9.17) is 0 Å². The van der Waals surface area contributed by atoms with E-state index in [0.29, 0.717) is 18.5 Å². The van der Waals surface area contributed by atoms with Gasteiger partial charge in [-0.2, -0.15) is 0 Å². The largest absolute Gasteiger partial charge is 0.352 e. The maximum absolute atomic E-state index is 14.2. The van der Waals surface area contributed by atoms with Crippen LogP contribution in [0.5, 0.6) is 0 Å². The molecule has 8 heteroatoms. The van der Waals surface area contributed by atoms with Crippen LogP contribution in [-0.4, -0.2) is 50.3 Å². The first kappa shape index (κ1) is 31.9. The van der Waals surface area contributed by atoms with Crippen LogP contribution in [0.3, 0.4) is 0 Å². The van der Waals surface area contributed by atoms with Crippen LogP contribution in [0, 0.1) is 20.8 Å². The summed E-state index contributed by atoms with van der Waals surface area (Å²) in [6.07, 6.45) is 1.69. The molecular formula is C33H43N3O4S. The molecule has 0 fully saturated rings. The van der Waals surface area contributed by atoms with Gasteiger partial charge in [0, 0.05) is 12.6 Å². The van der Waals surface area contributed by atoms with Gasteiger partial charge in [0.25, 0.3) is 10.0 Å². The Morgan fingerprint density at radius 1 is 0.854 bits per heavy atom. The van der Waals surface area contributed by atoms with E-state index in [1.807, 2.05) is 77.9 Å². The van der Waals surface area contributed by atoms with Crippen molar-refractivity contribution in [1.29, 1.82) is 0 Å². The average molecular weight is 578 g/mol. The van der Waals surface area contributed by atoms with E-state index < -0.39 is 28.5 Å². The Hall–Kier alpha value is -3.65. The molecule has 3 aromatic carbocycles. The lowest BCUT2D eigenvalue weighted by molar-refractivity contribution is -0.139. The van der Waals surface area contributed by atoms with Gasteiger partial charge in [-0.1, -0.05) is 74.0 Å². The number of hydrogen-bond donors (Lipinski definition) is 1. The third-order valence-electron chi connectivity index (χ3n) is 7.60. The molecule has 0 aliphatic rings. The van der Waals surface area contributed by atoms with Gasteiger partial charge in [-0.05, 0) is 81.8 Å². The number of nitrogens with zero attached hydrogens (tertiary/aromatic N) is 2. The summed E-state index contributed by atoms with van der Waals surface area (Å²) in [5, 5.41) is 3.01. The zero-order valence-corrected chi connectivity index (χ0v) is 25.9. The SMILES string of the molecule is CC[C@H](C)NC(=O)[C@H](CC)N(CCc1ccccc1)C(=O)CN(c1cccc(C)c1C)S(=O)(=O)c1ccc(C)cc1. The number of rotatable bonds is 13. The monoisotopic (exact) mass is 577 g/mol. The van der Waals surface area contributed by atoms with Crippen LogP contribution in [0.4, 0.5) is 5.69 Å². The molecule has 220 valence electrons. The van der Waals surface area contributed by atoms with Crippen LogP contribution in [0.25, 0.3) is 0 Å². The Morgan fingerprint density at radius 2 is 1.51 bits per heavy atom. The molecule has 2 amide bonds. The Bertz CT molecular complexity index is 1420. The van der Waals surface area contributed by atoms with E-state index in [9.17, 15) is 18.0 Å². The second kappa shape index (κ2) is 14.3. The predicted octanol–water partition coefficient (Wildman–Crippen LogP) is 5.57. The van der Waals surface area contributed by atoms with E-state index in [0.717, 1.165) is 28.7 Å². The molecule has 0 aromatic heterocycles. The topological polar surface area (TPSA) is 86.8 Å². The Morgan fingerprint density at radius 3 is 2.12 bits per heavy atom. The van der Waals surface area contributed by atoms with Crippen molar-refractivity contribution in [3.63, 3.8) is 0 Å². The third kappa shape index (κ3) is 7.97. The van der Waals surface area contributed by atoms with Crippen LogP contribution in [0.1, 0.15) is 55.9 Å². The number of aryl methyl sites for hydroxylation is 2. The van der Waals surface area contributed by atoms with E-state index in [2.05, 4.69) is 5.32 Å². The van der Waals surface area contributed by atoms with Crippen LogP contribution in [0.15, 0.2) is 77.7 Å². The van der Waals surface area contributed by atoms with Gasteiger partial charge < -0.3 is 10.2 Å². The third-order valence-corrected chi connectivity index (χ3v) is 9.38. The van der Waals surface area contributed by atoms with E-state index in [-0.39, 0.29) is 23.4 Å². The summed E-state index contributed by atoms with van der Waals surface area (Å²) < 4.78 is 29.3. The fraction of sp³-hybridized carbons (Fsp3) is 0.394. The van der Waals surface area contributed by atoms with E-state index in [1.165, 1.54) is 4.31 Å². The molecule has 0 heterocycles. The summed E-state index contributed by atoms with van der Waals surface area (Å²) in [5.41, 5.74) is 4.09.